The van der Waals surface area contributed by atoms with Gasteiger partial charge in [-0.3, -0.25) is 0 Å². The number of rotatable bonds is 6. The summed E-state index contributed by atoms with van der Waals surface area (Å²) in [4.78, 5) is 24.6. The van der Waals surface area contributed by atoms with Gasteiger partial charge in [0.15, 0.2) is 0 Å². The Bertz CT molecular complexity index is 952. The van der Waals surface area contributed by atoms with Crippen molar-refractivity contribution >= 4 is 12.2 Å². The molecule has 29 heavy (non-hydrogen) atoms. The molecule has 2 aromatic rings. The minimum absolute atomic E-state index is 0.175. The Morgan fingerprint density at radius 2 is 1.45 bits per heavy atom. The Hall–Kier alpha value is -3.84. The van der Waals surface area contributed by atoms with Crippen molar-refractivity contribution in [1.29, 1.82) is 10.5 Å². The van der Waals surface area contributed by atoms with E-state index < -0.39 is 17.8 Å². The summed E-state index contributed by atoms with van der Waals surface area (Å²) in [6.45, 7) is 3.26. The summed E-state index contributed by atoms with van der Waals surface area (Å²) in [7, 11) is 0. The molecule has 2 rings (SSSR count). The fourth-order valence-electron chi connectivity index (χ4n) is 2.61. The van der Waals surface area contributed by atoms with E-state index in [4.69, 9.17) is 15.3 Å². The number of ether oxygens (including phenoxy) is 1. The summed E-state index contributed by atoms with van der Waals surface area (Å²) in [5, 5.41) is 27.1. The molecule has 0 aromatic heterocycles. The van der Waals surface area contributed by atoms with E-state index in [0.717, 1.165) is 5.56 Å². The third-order valence-corrected chi connectivity index (χ3v) is 4.34. The van der Waals surface area contributed by atoms with Gasteiger partial charge in [0.05, 0.1) is 29.8 Å². The summed E-state index contributed by atoms with van der Waals surface area (Å²) in [6.07, 6.45) is -1.28. The van der Waals surface area contributed by atoms with Gasteiger partial charge >= 0.3 is 12.2 Å². The Kier molecular flexibility index (Phi) is 6.94. The van der Waals surface area contributed by atoms with Gasteiger partial charge in [-0.15, -0.1) is 0 Å². The molecule has 0 atom stereocenters. The molecule has 0 fully saturated rings. The van der Waals surface area contributed by atoms with Gasteiger partial charge < -0.3 is 9.84 Å². The van der Waals surface area contributed by atoms with Crippen LogP contribution in [0.15, 0.2) is 48.5 Å². The van der Waals surface area contributed by atoms with Gasteiger partial charge in [-0.1, -0.05) is 24.3 Å². The van der Waals surface area contributed by atoms with Crippen LogP contribution >= 0.6 is 0 Å². The number of carbonyl (C=O) groups excluding carboxylic acids is 1. The van der Waals surface area contributed by atoms with Gasteiger partial charge in [-0.2, -0.15) is 10.5 Å². The Morgan fingerprint density at radius 3 is 1.90 bits per heavy atom. The number of benzene rings is 2. The number of nitrogens with zero attached hydrogens (tertiary/aromatic N) is 3. The molecular weight excluding hydrogens is 370 g/mol. The van der Waals surface area contributed by atoms with Crippen LogP contribution in [0.1, 0.15) is 42.5 Å². The number of nitriles is 2. The highest BCUT2D eigenvalue weighted by Crippen LogP contribution is 2.21. The van der Waals surface area contributed by atoms with Crippen LogP contribution in [0.3, 0.4) is 0 Å². The number of imide groups is 1. The molecule has 0 saturated carbocycles. The molecule has 0 unspecified atom stereocenters. The van der Waals surface area contributed by atoms with Crippen molar-refractivity contribution in [3.63, 3.8) is 0 Å². The van der Waals surface area contributed by atoms with E-state index in [1.165, 1.54) is 0 Å². The second-order valence-corrected chi connectivity index (χ2v) is 7.11. The van der Waals surface area contributed by atoms with Crippen LogP contribution in [0.4, 0.5) is 9.59 Å². The molecular formula is C22H21N3O4. The molecule has 0 heterocycles. The highest BCUT2D eigenvalue weighted by molar-refractivity contribution is 5.86. The van der Waals surface area contributed by atoms with Gasteiger partial charge in [0, 0.05) is 0 Å². The first kappa shape index (κ1) is 21.5. The SMILES string of the molecule is CC(C)(CCc1ccc(C#N)cc1)OC(=O)N(Cc1ccc(C#N)cc1)C(=O)O. The third-order valence-electron chi connectivity index (χ3n) is 4.34. The fraction of sp³-hybridized carbons (Fsp3) is 0.273. The zero-order valence-corrected chi connectivity index (χ0v) is 16.3. The molecule has 0 saturated heterocycles. The lowest BCUT2D eigenvalue weighted by atomic mass is 9.98. The average molecular weight is 391 g/mol. The van der Waals surface area contributed by atoms with E-state index in [0.29, 0.717) is 34.4 Å². The maximum Gasteiger partial charge on any atom is 0.420 e. The molecule has 0 aliphatic carbocycles. The standard InChI is InChI=1S/C22H21N3O4/c1-22(2,12-11-16-3-5-17(13-23)6-4-16)29-21(28)25(20(26)27)15-19-9-7-18(14-24)8-10-19/h3-10H,11-12,15H2,1-2H3,(H,26,27). The van der Waals surface area contributed by atoms with Gasteiger partial charge in [-0.05, 0) is 62.1 Å². The van der Waals surface area contributed by atoms with Crippen LogP contribution in [0.5, 0.6) is 0 Å². The summed E-state index contributed by atoms with van der Waals surface area (Å²) in [6, 6.07) is 17.5. The Labute approximate surface area is 169 Å². The quantitative estimate of drug-likeness (QED) is 0.777. The van der Waals surface area contributed by atoms with Crippen LogP contribution in [-0.4, -0.2) is 27.8 Å². The van der Waals surface area contributed by atoms with Gasteiger partial charge in [0.2, 0.25) is 0 Å². The summed E-state index contributed by atoms with van der Waals surface area (Å²) in [5.74, 6) is 0. The molecule has 0 bridgehead atoms. The van der Waals surface area contributed by atoms with Crippen LogP contribution in [0.25, 0.3) is 0 Å². The van der Waals surface area contributed by atoms with E-state index in [1.54, 1.807) is 50.2 Å². The largest absolute Gasteiger partial charge is 0.465 e. The number of hydrogen-bond donors (Lipinski definition) is 1. The normalized spacial score (nSPS) is 10.5. The van der Waals surface area contributed by atoms with Crippen LogP contribution in [0, 0.1) is 22.7 Å². The topological polar surface area (TPSA) is 114 Å². The lowest BCUT2D eigenvalue weighted by Gasteiger charge is -2.28. The second kappa shape index (κ2) is 9.38. The summed E-state index contributed by atoms with van der Waals surface area (Å²) in [5.41, 5.74) is 1.68. The maximum absolute atomic E-state index is 12.5. The van der Waals surface area contributed by atoms with E-state index in [2.05, 4.69) is 6.07 Å². The van der Waals surface area contributed by atoms with Crippen LogP contribution < -0.4 is 0 Å². The van der Waals surface area contributed by atoms with Gasteiger partial charge in [0.25, 0.3) is 0 Å². The molecule has 0 aliphatic rings. The second-order valence-electron chi connectivity index (χ2n) is 7.11. The van der Waals surface area contributed by atoms with E-state index >= 15 is 0 Å². The molecule has 7 heteroatoms. The minimum Gasteiger partial charge on any atom is -0.465 e. The van der Waals surface area contributed by atoms with Gasteiger partial charge in [-0.25, -0.2) is 14.5 Å². The zero-order valence-electron chi connectivity index (χ0n) is 16.3. The number of aryl methyl sites for hydroxylation is 1. The first-order valence-electron chi connectivity index (χ1n) is 8.95. The summed E-state index contributed by atoms with van der Waals surface area (Å²) >= 11 is 0. The molecule has 0 radical (unpaired) electrons. The molecule has 1 N–H and O–H groups in total. The monoisotopic (exact) mass is 391 g/mol. The molecule has 0 aliphatic heterocycles. The Morgan fingerprint density at radius 1 is 0.966 bits per heavy atom. The smallest absolute Gasteiger partial charge is 0.420 e. The first-order valence-corrected chi connectivity index (χ1v) is 8.95. The van der Waals surface area contributed by atoms with Gasteiger partial charge in [0.1, 0.15) is 5.60 Å². The van der Waals surface area contributed by atoms with Crippen molar-refractivity contribution in [1.82, 2.24) is 4.90 Å². The molecule has 2 amide bonds. The first-order chi connectivity index (χ1) is 13.7. The molecule has 0 spiro atoms. The van der Waals surface area contributed by atoms with E-state index in [1.807, 2.05) is 18.2 Å². The van der Waals surface area contributed by atoms with Crippen molar-refractivity contribution < 1.29 is 19.4 Å². The summed E-state index contributed by atoms with van der Waals surface area (Å²) < 4.78 is 5.45. The zero-order chi connectivity index (χ0) is 21.4. The molecule has 148 valence electrons. The van der Waals surface area contributed by atoms with Crippen molar-refractivity contribution in [2.45, 2.75) is 38.8 Å². The Balaban J connectivity index is 1.99. The van der Waals surface area contributed by atoms with E-state index in [-0.39, 0.29) is 6.54 Å². The van der Waals surface area contributed by atoms with E-state index in [9.17, 15) is 14.7 Å². The van der Waals surface area contributed by atoms with Crippen molar-refractivity contribution in [3.05, 3.63) is 70.8 Å². The lowest BCUT2D eigenvalue weighted by Crippen LogP contribution is -2.40. The number of amides is 2. The lowest BCUT2D eigenvalue weighted by molar-refractivity contribution is 0.00986. The number of carboxylic acid groups (broad SMARTS) is 1. The predicted molar refractivity (Wildman–Crippen MR) is 105 cm³/mol. The number of carbonyl (C=O) groups is 2. The van der Waals surface area contributed by atoms with Crippen LogP contribution in [-0.2, 0) is 17.7 Å². The maximum atomic E-state index is 12.5. The fourth-order valence-corrected chi connectivity index (χ4v) is 2.61. The van der Waals surface area contributed by atoms with Crippen molar-refractivity contribution in [2.75, 3.05) is 0 Å². The molecule has 7 nitrogen and oxygen atoms in total. The van der Waals surface area contributed by atoms with Crippen molar-refractivity contribution in [2.24, 2.45) is 0 Å². The van der Waals surface area contributed by atoms with Crippen molar-refractivity contribution in [3.8, 4) is 12.1 Å². The number of hydrogen-bond acceptors (Lipinski definition) is 5. The highest BCUT2D eigenvalue weighted by Gasteiger charge is 2.29. The minimum atomic E-state index is -1.41. The average Bonchev–Trinajstić information content (AvgIpc) is 2.70. The molecule has 2 aromatic carbocycles. The third kappa shape index (κ3) is 6.37. The highest BCUT2D eigenvalue weighted by atomic mass is 16.6. The van der Waals surface area contributed by atoms with Crippen LogP contribution in [0.2, 0.25) is 0 Å². The predicted octanol–water partition coefficient (Wildman–Crippen LogP) is 4.46.